The molecule has 0 atom stereocenters. The predicted octanol–water partition coefficient (Wildman–Crippen LogP) is 4.42. The normalized spacial score (nSPS) is 9.90. The van der Waals surface area contributed by atoms with E-state index in [1.54, 1.807) is 78.9 Å². The van der Waals surface area contributed by atoms with Crippen LogP contribution in [-0.4, -0.2) is 28.9 Å². The van der Waals surface area contributed by atoms with Crippen molar-refractivity contribution in [2.75, 3.05) is 0 Å². The molecule has 31 heavy (non-hydrogen) atoms. The van der Waals surface area contributed by atoms with Crippen LogP contribution in [0.25, 0.3) is 0 Å². The van der Waals surface area contributed by atoms with Crippen molar-refractivity contribution in [3.8, 4) is 0 Å². The maximum absolute atomic E-state index is 11.8. The molecule has 0 bridgehead atoms. The first-order chi connectivity index (χ1) is 14.8. The fourth-order valence-corrected chi connectivity index (χ4v) is 2.87. The number of hydrogen-bond acceptors (Lipinski definition) is 5. The van der Waals surface area contributed by atoms with E-state index in [4.69, 9.17) is 0 Å². The molecule has 156 valence electrons. The first-order valence-corrected chi connectivity index (χ1v) is 9.62. The smallest absolute Gasteiger partial charge is 0.233 e. The van der Waals surface area contributed by atoms with Crippen molar-refractivity contribution in [1.82, 2.24) is 0 Å². The van der Waals surface area contributed by atoms with Crippen LogP contribution in [0.3, 0.4) is 0 Å². The second-order valence-electron chi connectivity index (χ2n) is 6.77. The molecule has 0 unspecified atom stereocenters. The maximum atomic E-state index is 11.8. The molecule has 0 heterocycles. The summed E-state index contributed by atoms with van der Waals surface area (Å²) in [5, 5.41) is 0. The second kappa shape index (κ2) is 11.3. The van der Waals surface area contributed by atoms with E-state index in [1.165, 1.54) is 13.8 Å². The molecule has 0 N–H and O–H groups in total. The molecule has 0 aliphatic rings. The summed E-state index contributed by atoms with van der Waals surface area (Å²) in [5.74, 6) is -3.31. The van der Waals surface area contributed by atoms with E-state index >= 15 is 0 Å². The van der Waals surface area contributed by atoms with E-state index in [-0.39, 0.29) is 0 Å². The Morgan fingerprint density at radius 2 is 0.774 bits per heavy atom. The van der Waals surface area contributed by atoms with Gasteiger partial charge in [-0.2, -0.15) is 0 Å². The lowest BCUT2D eigenvalue weighted by Gasteiger charge is -2.08. The van der Waals surface area contributed by atoms with Crippen molar-refractivity contribution in [3.63, 3.8) is 0 Å². The van der Waals surface area contributed by atoms with Crippen LogP contribution in [0.5, 0.6) is 0 Å². The fourth-order valence-electron chi connectivity index (χ4n) is 2.87. The highest BCUT2D eigenvalue weighted by molar-refractivity contribution is 6.49. The Morgan fingerprint density at radius 1 is 0.484 bits per heavy atom. The van der Waals surface area contributed by atoms with Gasteiger partial charge in [0.05, 0.1) is 0 Å². The van der Waals surface area contributed by atoms with Gasteiger partial charge in [0.2, 0.25) is 11.6 Å². The van der Waals surface area contributed by atoms with Crippen molar-refractivity contribution < 1.29 is 24.0 Å². The molecule has 3 aromatic rings. The Labute approximate surface area is 180 Å². The number of carbonyl (C=O) groups excluding carboxylic acids is 5. The molecule has 0 fully saturated rings. The quantitative estimate of drug-likeness (QED) is 0.325. The van der Waals surface area contributed by atoms with Crippen molar-refractivity contribution in [1.29, 1.82) is 0 Å². The zero-order chi connectivity index (χ0) is 22.8. The van der Waals surface area contributed by atoms with Crippen LogP contribution >= 0.6 is 0 Å². The first-order valence-electron chi connectivity index (χ1n) is 9.62. The maximum Gasteiger partial charge on any atom is 0.233 e. The van der Waals surface area contributed by atoms with E-state index in [1.807, 2.05) is 12.1 Å². The number of carbonyl (C=O) groups is 5. The SMILES string of the molecule is CC(=O)C(C(C)=O)C(=O)c1ccccc1.O=C(C(=O)c1ccccc1)c1ccccc1. The van der Waals surface area contributed by atoms with E-state index in [0.717, 1.165) is 0 Å². The molecule has 0 aliphatic heterocycles. The molecular weight excluding hydrogens is 392 g/mol. The monoisotopic (exact) mass is 414 g/mol. The first kappa shape index (κ1) is 23.3. The highest BCUT2D eigenvalue weighted by atomic mass is 16.2. The zero-order valence-corrected chi connectivity index (χ0v) is 17.3. The van der Waals surface area contributed by atoms with Crippen LogP contribution in [0.4, 0.5) is 0 Å². The van der Waals surface area contributed by atoms with E-state index in [2.05, 4.69) is 0 Å². The van der Waals surface area contributed by atoms with Gasteiger partial charge in [0, 0.05) is 16.7 Å². The van der Waals surface area contributed by atoms with Gasteiger partial charge in [-0.05, 0) is 13.8 Å². The van der Waals surface area contributed by atoms with Crippen LogP contribution in [0.1, 0.15) is 44.9 Å². The van der Waals surface area contributed by atoms with Gasteiger partial charge in [-0.15, -0.1) is 0 Å². The highest BCUT2D eigenvalue weighted by Gasteiger charge is 2.28. The van der Waals surface area contributed by atoms with E-state index in [9.17, 15) is 24.0 Å². The molecule has 5 nitrogen and oxygen atoms in total. The van der Waals surface area contributed by atoms with Crippen LogP contribution in [0.2, 0.25) is 0 Å². The molecule has 3 aromatic carbocycles. The number of benzene rings is 3. The predicted molar refractivity (Wildman–Crippen MR) is 117 cm³/mol. The summed E-state index contributed by atoms with van der Waals surface area (Å²) in [4.78, 5) is 57.7. The highest BCUT2D eigenvalue weighted by Crippen LogP contribution is 2.11. The zero-order valence-electron chi connectivity index (χ0n) is 17.3. The van der Waals surface area contributed by atoms with Gasteiger partial charge in [-0.3, -0.25) is 24.0 Å². The van der Waals surface area contributed by atoms with Gasteiger partial charge in [-0.1, -0.05) is 91.0 Å². The number of rotatable bonds is 7. The molecule has 0 saturated heterocycles. The standard InChI is InChI=1S/C14H10O2.C12H12O3/c15-13(11-7-3-1-4-8-11)14(16)12-9-5-2-6-10-12;1-8(13)11(9(2)14)12(15)10-6-4-3-5-7-10/h1-10H;3-7,11H,1-2H3. The molecule has 0 spiro atoms. The summed E-state index contributed by atoms with van der Waals surface area (Å²) in [6.07, 6.45) is 0. The van der Waals surface area contributed by atoms with Crippen molar-refractivity contribution in [2.24, 2.45) is 5.92 Å². The molecule has 0 amide bonds. The largest absolute Gasteiger partial charge is 0.299 e. The average Bonchev–Trinajstić information content (AvgIpc) is 2.80. The van der Waals surface area contributed by atoms with Crippen LogP contribution in [-0.2, 0) is 9.59 Å². The summed E-state index contributed by atoms with van der Waals surface area (Å²) in [6.45, 7) is 2.51. The Morgan fingerprint density at radius 3 is 1.06 bits per heavy atom. The fraction of sp³-hybridized carbons (Fsp3) is 0.115. The van der Waals surface area contributed by atoms with Gasteiger partial charge in [-0.25, -0.2) is 0 Å². The van der Waals surface area contributed by atoms with Crippen LogP contribution < -0.4 is 0 Å². The average molecular weight is 414 g/mol. The van der Waals surface area contributed by atoms with E-state index < -0.39 is 34.8 Å². The van der Waals surface area contributed by atoms with Crippen molar-refractivity contribution in [2.45, 2.75) is 13.8 Å². The van der Waals surface area contributed by atoms with Gasteiger partial charge < -0.3 is 0 Å². The van der Waals surface area contributed by atoms with Crippen molar-refractivity contribution >= 4 is 28.9 Å². The molecule has 0 aliphatic carbocycles. The third kappa shape index (κ3) is 6.51. The minimum Gasteiger partial charge on any atom is -0.299 e. The number of hydrogen-bond donors (Lipinski definition) is 0. The summed E-state index contributed by atoms with van der Waals surface area (Å²) in [7, 11) is 0. The molecule has 0 saturated carbocycles. The summed E-state index contributed by atoms with van der Waals surface area (Å²) in [5.41, 5.74) is 1.25. The van der Waals surface area contributed by atoms with E-state index in [0.29, 0.717) is 16.7 Å². The lowest BCUT2D eigenvalue weighted by Crippen LogP contribution is -2.28. The molecule has 3 rings (SSSR count). The Kier molecular flexibility index (Phi) is 8.46. The number of Topliss-reactive ketones (excluding diaryl/α,β-unsaturated/α-hetero) is 5. The number of ketones is 5. The minimum absolute atomic E-state index is 0.396. The summed E-state index contributed by atoms with van der Waals surface area (Å²) < 4.78 is 0. The molecular formula is C26H22O5. The molecule has 0 radical (unpaired) electrons. The topological polar surface area (TPSA) is 85.3 Å². The minimum atomic E-state index is -1.15. The molecule has 0 aromatic heterocycles. The Balaban J connectivity index is 0.000000221. The third-order valence-corrected chi connectivity index (χ3v) is 4.41. The summed E-state index contributed by atoms with van der Waals surface area (Å²) >= 11 is 0. The van der Waals surface area contributed by atoms with Gasteiger partial charge in [0.15, 0.2) is 5.78 Å². The van der Waals surface area contributed by atoms with Crippen molar-refractivity contribution in [3.05, 3.63) is 108 Å². The third-order valence-electron chi connectivity index (χ3n) is 4.41. The second-order valence-corrected chi connectivity index (χ2v) is 6.77. The lowest BCUT2D eigenvalue weighted by atomic mass is 9.91. The van der Waals surface area contributed by atoms with Gasteiger partial charge in [0.1, 0.15) is 17.5 Å². The Bertz CT molecular complexity index is 1010. The molecule has 5 heteroatoms. The van der Waals surface area contributed by atoms with Gasteiger partial charge >= 0.3 is 0 Å². The van der Waals surface area contributed by atoms with Gasteiger partial charge in [0.25, 0.3) is 0 Å². The van der Waals surface area contributed by atoms with Crippen LogP contribution in [0.15, 0.2) is 91.0 Å². The Hall–Kier alpha value is -3.99. The lowest BCUT2D eigenvalue weighted by molar-refractivity contribution is -0.128. The summed E-state index contributed by atoms with van der Waals surface area (Å²) in [6, 6.07) is 25.5. The van der Waals surface area contributed by atoms with Crippen LogP contribution in [0, 0.1) is 5.92 Å².